The highest BCUT2D eigenvalue weighted by Crippen LogP contribution is 2.21. The van der Waals surface area contributed by atoms with Crippen LogP contribution in [0.3, 0.4) is 0 Å². The third kappa shape index (κ3) is 2.56. The molecule has 0 aliphatic carbocycles. The SMILES string of the molecule is O=C(Nc1ccccc1Cl)C1=C[NH+]2CN(Cl)C=CC2=N1. The van der Waals surface area contributed by atoms with Crippen molar-refractivity contribution in [3.8, 4) is 0 Å². The van der Waals surface area contributed by atoms with Crippen LogP contribution in [-0.4, -0.2) is 22.8 Å². The molecular weight excluding hydrogens is 299 g/mol. The molecule has 1 aromatic carbocycles. The maximum absolute atomic E-state index is 12.2. The second-order valence-electron chi connectivity index (χ2n) is 4.36. The lowest BCUT2D eigenvalue weighted by molar-refractivity contribution is -0.754. The topological polar surface area (TPSA) is 49.1 Å². The number of carbonyl (C=O) groups is 1. The summed E-state index contributed by atoms with van der Waals surface area (Å²) in [5.74, 6) is 0.480. The molecule has 20 heavy (non-hydrogen) atoms. The molecule has 0 saturated carbocycles. The summed E-state index contributed by atoms with van der Waals surface area (Å²) in [4.78, 5) is 17.4. The number of amidine groups is 1. The molecule has 0 bridgehead atoms. The number of carbonyl (C=O) groups excluding carboxylic acids is 1. The maximum Gasteiger partial charge on any atom is 0.280 e. The van der Waals surface area contributed by atoms with Gasteiger partial charge in [0.15, 0.2) is 12.4 Å². The lowest BCUT2D eigenvalue weighted by Gasteiger charge is -2.19. The first kappa shape index (κ1) is 13.2. The molecule has 102 valence electrons. The van der Waals surface area contributed by atoms with E-state index in [1.807, 2.05) is 0 Å². The summed E-state index contributed by atoms with van der Waals surface area (Å²) in [6.07, 6.45) is 5.23. The van der Waals surface area contributed by atoms with Crippen molar-refractivity contribution in [2.24, 2.45) is 4.99 Å². The van der Waals surface area contributed by atoms with Crippen molar-refractivity contribution in [1.29, 1.82) is 0 Å². The van der Waals surface area contributed by atoms with Gasteiger partial charge in [0.25, 0.3) is 5.91 Å². The maximum atomic E-state index is 12.2. The number of hydrogen-bond donors (Lipinski definition) is 2. The third-order valence-electron chi connectivity index (χ3n) is 2.95. The zero-order chi connectivity index (χ0) is 14.1. The van der Waals surface area contributed by atoms with Gasteiger partial charge in [0.05, 0.1) is 10.7 Å². The summed E-state index contributed by atoms with van der Waals surface area (Å²) in [6.45, 7) is 0.528. The Balaban J connectivity index is 1.77. The molecule has 1 amide bonds. The number of fused-ring (bicyclic) bond motifs is 1. The predicted molar refractivity (Wildman–Crippen MR) is 78.3 cm³/mol. The molecule has 0 saturated heterocycles. The van der Waals surface area contributed by atoms with E-state index < -0.39 is 0 Å². The van der Waals surface area contributed by atoms with Crippen LogP contribution in [0, 0.1) is 0 Å². The van der Waals surface area contributed by atoms with Crippen LogP contribution in [0.5, 0.6) is 0 Å². The first-order valence-electron chi connectivity index (χ1n) is 5.96. The second kappa shape index (κ2) is 5.28. The van der Waals surface area contributed by atoms with Crippen molar-refractivity contribution in [2.45, 2.75) is 0 Å². The predicted octanol–water partition coefficient (Wildman–Crippen LogP) is 1.36. The highest BCUT2D eigenvalue weighted by molar-refractivity contribution is 6.33. The van der Waals surface area contributed by atoms with Gasteiger partial charge >= 0.3 is 0 Å². The summed E-state index contributed by atoms with van der Waals surface area (Å²) in [6, 6.07) is 7.06. The summed E-state index contributed by atoms with van der Waals surface area (Å²) in [5, 5.41) is 3.23. The molecular formula is C13H11Cl2N4O+. The van der Waals surface area contributed by atoms with Crippen LogP contribution in [0.1, 0.15) is 0 Å². The number of quaternary nitrogens is 1. The number of hydrogen-bond acceptors (Lipinski definition) is 3. The lowest BCUT2D eigenvalue weighted by atomic mass is 10.3. The smallest absolute Gasteiger partial charge is 0.280 e. The molecule has 2 N–H and O–H groups in total. The Bertz CT molecular complexity index is 654. The van der Waals surface area contributed by atoms with Crippen molar-refractivity contribution >= 4 is 40.8 Å². The van der Waals surface area contributed by atoms with Crippen LogP contribution in [0.4, 0.5) is 5.69 Å². The van der Waals surface area contributed by atoms with Crippen LogP contribution in [0.2, 0.25) is 5.02 Å². The van der Waals surface area contributed by atoms with Crippen LogP contribution in [0.15, 0.2) is 53.4 Å². The standard InChI is InChI=1S/C13H10Cl2N4O/c14-9-3-1-2-4-10(9)17-13(20)11-7-18-8-19(15)6-5-12(18)16-11/h1-7H,8H2,(H,17,20)/p+1. The van der Waals surface area contributed by atoms with Crippen LogP contribution >= 0.6 is 23.4 Å². The minimum absolute atomic E-state index is 0.290. The quantitative estimate of drug-likeness (QED) is 0.810. The van der Waals surface area contributed by atoms with Gasteiger partial charge in [0, 0.05) is 24.1 Å². The highest BCUT2D eigenvalue weighted by Gasteiger charge is 2.29. The fraction of sp³-hybridized carbons (Fsp3) is 0.0769. The van der Waals surface area contributed by atoms with E-state index in [1.165, 1.54) is 4.42 Å². The number of para-hydroxylation sites is 1. The lowest BCUT2D eigenvalue weighted by Crippen LogP contribution is -3.11. The number of nitrogens with zero attached hydrogens (tertiary/aromatic N) is 2. The molecule has 2 heterocycles. The summed E-state index contributed by atoms with van der Waals surface area (Å²) < 4.78 is 1.51. The number of rotatable bonds is 2. The number of nitrogens with one attached hydrogen (secondary N) is 2. The van der Waals surface area contributed by atoms with Crippen molar-refractivity contribution in [2.75, 3.05) is 12.0 Å². The van der Waals surface area contributed by atoms with E-state index in [1.54, 1.807) is 42.7 Å². The molecule has 7 heteroatoms. The number of amides is 1. The number of halogens is 2. The molecule has 0 aromatic heterocycles. The Kier molecular flexibility index (Phi) is 3.48. The van der Waals surface area contributed by atoms with E-state index >= 15 is 0 Å². The van der Waals surface area contributed by atoms with Crippen molar-refractivity contribution in [3.05, 3.63) is 53.5 Å². The first-order chi connectivity index (χ1) is 9.63. The highest BCUT2D eigenvalue weighted by atomic mass is 35.5. The van der Waals surface area contributed by atoms with Gasteiger partial charge in [-0.2, -0.15) is 4.99 Å². The Morgan fingerprint density at radius 1 is 1.40 bits per heavy atom. The van der Waals surface area contributed by atoms with E-state index in [-0.39, 0.29) is 5.91 Å². The zero-order valence-corrected chi connectivity index (χ0v) is 11.8. The van der Waals surface area contributed by atoms with E-state index in [0.717, 1.165) is 10.7 Å². The Morgan fingerprint density at radius 3 is 3.00 bits per heavy atom. The number of benzene rings is 1. The van der Waals surface area contributed by atoms with Crippen LogP contribution in [-0.2, 0) is 4.79 Å². The van der Waals surface area contributed by atoms with Gasteiger partial charge in [-0.05, 0) is 12.1 Å². The van der Waals surface area contributed by atoms with Gasteiger partial charge in [-0.25, -0.2) is 9.32 Å². The Morgan fingerprint density at radius 2 is 2.20 bits per heavy atom. The molecule has 1 unspecified atom stereocenters. The van der Waals surface area contributed by atoms with Gasteiger partial charge in [-0.15, -0.1) is 0 Å². The molecule has 2 aliphatic rings. The third-order valence-corrected chi connectivity index (χ3v) is 3.51. The Hall–Kier alpha value is -1.82. The summed E-state index contributed by atoms with van der Waals surface area (Å²) in [7, 11) is 0. The zero-order valence-electron chi connectivity index (χ0n) is 10.3. The van der Waals surface area contributed by atoms with Crippen molar-refractivity contribution in [1.82, 2.24) is 4.42 Å². The molecule has 1 aromatic rings. The molecule has 0 radical (unpaired) electrons. The minimum Gasteiger partial charge on any atom is -0.319 e. The molecule has 0 spiro atoms. The van der Waals surface area contributed by atoms with Crippen molar-refractivity contribution < 1.29 is 9.69 Å². The van der Waals surface area contributed by atoms with E-state index in [9.17, 15) is 4.79 Å². The second-order valence-corrected chi connectivity index (χ2v) is 5.20. The largest absolute Gasteiger partial charge is 0.319 e. The Labute approximate surface area is 125 Å². The summed E-state index contributed by atoms with van der Waals surface area (Å²) in [5.41, 5.74) is 0.918. The van der Waals surface area contributed by atoms with Crippen LogP contribution < -0.4 is 10.2 Å². The molecule has 0 fully saturated rings. The monoisotopic (exact) mass is 309 g/mol. The van der Waals surface area contributed by atoms with Gasteiger partial charge < -0.3 is 5.32 Å². The average Bonchev–Trinajstić information content (AvgIpc) is 2.84. The molecule has 5 nitrogen and oxygen atoms in total. The molecule has 3 rings (SSSR count). The number of aliphatic imine (C=N–C) groups is 1. The summed E-state index contributed by atoms with van der Waals surface area (Å²) >= 11 is 11.9. The normalized spacial score (nSPS) is 20.3. The fourth-order valence-electron chi connectivity index (χ4n) is 1.98. The molecule has 2 aliphatic heterocycles. The van der Waals surface area contributed by atoms with E-state index in [2.05, 4.69) is 10.3 Å². The van der Waals surface area contributed by atoms with Gasteiger partial charge in [0.2, 0.25) is 5.84 Å². The van der Waals surface area contributed by atoms with Gasteiger partial charge in [-0.3, -0.25) is 4.79 Å². The number of anilines is 1. The van der Waals surface area contributed by atoms with E-state index in [4.69, 9.17) is 23.4 Å². The van der Waals surface area contributed by atoms with Crippen molar-refractivity contribution in [3.63, 3.8) is 0 Å². The fourth-order valence-corrected chi connectivity index (χ4v) is 2.34. The van der Waals surface area contributed by atoms with Gasteiger partial charge in [0.1, 0.15) is 6.20 Å². The van der Waals surface area contributed by atoms with Gasteiger partial charge in [-0.1, -0.05) is 23.7 Å². The molecule has 1 atom stereocenters. The average molecular weight is 310 g/mol. The van der Waals surface area contributed by atoms with Crippen LogP contribution in [0.25, 0.3) is 0 Å². The first-order valence-corrected chi connectivity index (χ1v) is 6.68. The van der Waals surface area contributed by atoms with E-state index in [0.29, 0.717) is 23.1 Å². The minimum atomic E-state index is -0.290.